The Morgan fingerprint density at radius 1 is 1.32 bits per heavy atom. The minimum absolute atomic E-state index is 0.314. The van der Waals surface area contributed by atoms with Crippen molar-refractivity contribution < 1.29 is 13.9 Å². The van der Waals surface area contributed by atoms with E-state index in [2.05, 4.69) is 10.2 Å². The molecule has 25 heavy (non-hydrogen) atoms. The average Bonchev–Trinajstić information content (AvgIpc) is 3.26. The number of furan rings is 1. The number of nitrogens with zero attached hydrogens (tertiary/aromatic N) is 3. The zero-order valence-electron chi connectivity index (χ0n) is 13.7. The highest BCUT2D eigenvalue weighted by molar-refractivity contribution is 8.00. The third-order valence-corrected chi connectivity index (χ3v) is 4.84. The Morgan fingerprint density at radius 2 is 2.08 bits per heavy atom. The number of halogens is 1. The van der Waals surface area contributed by atoms with Crippen LogP contribution in [-0.4, -0.2) is 33.1 Å². The van der Waals surface area contributed by atoms with E-state index in [1.807, 2.05) is 28.8 Å². The highest BCUT2D eigenvalue weighted by Crippen LogP contribution is 2.28. The molecule has 0 unspecified atom stereocenters. The van der Waals surface area contributed by atoms with Crippen molar-refractivity contribution in [1.29, 1.82) is 0 Å². The zero-order valence-corrected chi connectivity index (χ0v) is 15.3. The molecule has 3 aromatic rings. The SMILES string of the molecule is COC(=O)[C@@H](C)Sc1nnc(-c2ccc(Cl)cc2)n1Cc1ccco1. The normalized spacial score (nSPS) is 12.1. The van der Waals surface area contributed by atoms with Crippen LogP contribution in [0.3, 0.4) is 0 Å². The van der Waals surface area contributed by atoms with Gasteiger partial charge in [-0.05, 0) is 43.3 Å². The van der Waals surface area contributed by atoms with Crippen LogP contribution < -0.4 is 0 Å². The fraction of sp³-hybridized carbons (Fsp3) is 0.235. The van der Waals surface area contributed by atoms with Gasteiger partial charge in [0.1, 0.15) is 11.0 Å². The average molecular weight is 378 g/mol. The summed E-state index contributed by atoms with van der Waals surface area (Å²) in [7, 11) is 1.37. The van der Waals surface area contributed by atoms with Crippen LogP contribution in [0.1, 0.15) is 12.7 Å². The van der Waals surface area contributed by atoms with Crippen LogP contribution in [0.25, 0.3) is 11.4 Å². The van der Waals surface area contributed by atoms with E-state index in [1.54, 1.807) is 25.3 Å². The van der Waals surface area contributed by atoms with Gasteiger partial charge in [-0.3, -0.25) is 9.36 Å². The lowest BCUT2D eigenvalue weighted by Crippen LogP contribution is -2.16. The molecule has 8 heteroatoms. The first-order chi connectivity index (χ1) is 12.1. The van der Waals surface area contributed by atoms with Gasteiger partial charge >= 0.3 is 5.97 Å². The molecule has 0 fully saturated rings. The number of methoxy groups -OCH3 is 1. The first kappa shape index (κ1) is 17.6. The molecule has 130 valence electrons. The van der Waals surface area contributed by atoms with Crippen LogP contribution in [-0.2, 0) is 16.1 Å². The van der Waals surface area contributed by atoms with Crippen molar-refractivity contribution in [3.63, 3.8) is 0 Å². The van der Waals surface area contributed by atoms with E-state index in [9.17, 15) is 4.79 Å². The Balaban J connectivity index is 1.97. The summed E-state index contributed by atoms with van der Waals surface area (Å²) in [4.78, 5) is 11.7. The molecule has 0 aliphatic rings. The molecule has 3 rings (SSSR count). The number of aromatic nitrogens is 3. The number of hydrogen-bond acceptors (Lipinski definition) is 6. The highest BCUT2D eigenvalue weighted by Gasteiger charge is 2.21. The van der Waals surface area contributed by atoms with E-state index in [-0.39, 0.29) is 5.97 Å². The minimum atomic E-state index is -0.400. The molecule has 0 radical (unpaired) electrons. The van der Waals surface area contributed by atoms with Crippen molar-refractivity contribution >= 4 is 29.3 Å². The summed E-state index contributed by atoms with van der Waals surface area (Å²) in [6, 6.07) is 11.1. The molecule has 2 aromatic heterocycles. The topological polar surface area (TPSA) is 70.2 Å². The fourth-order valence-electron chi connectivity index (χ4n) is 2.26. The van der Waals surface area contributed by atoms with E-state index in [0.29, 0.717) is 22.5 Å². The van der Waals surface area contributed by atoms with Gasteiger partial charge in [0.25, 0.3) is 0 Å². The third kappa shape index (κ3) is 4.05. The number of carbonyl (C=O) groups is 1. The van der Waals surface area contributed by atoms with Gasteiger partial charge in [-0.25, -0.2) is 0 Å². The Morgan fingerprint density at radius 3 is 2.72 bits per heavy atom. The number of benzene rings is 1. The standard InChI is InChI=1S/C17H16ClN3O3S/c1-11(16(22)23-2)25-17-20-19-15(12-5-7-13(18)8-6-12)21(17)10-14-4-3-9-24-14/h3-9,11H,10H2,1-2H3/t11-/m1/s1. The maximum absolute atomic E-state index is 11.7. The number of rotatable bonds is 6. The zero-order chi connectivity index (χ0) is 17.8. The second kappa shape index (κ2) is 7.76. The Bertz CT molecular complexity index is 847. The van der Waals surface area contributed by atoms with Crippen LogP contribution in [0.15, 0.2) is 52.2 Å². The van der Waals surface area contributed by atoms with Gasteiger partial charge in [-0.1, -0.05) is 23.4 Å². The second-order valence-corrected chi connectivity index (χ2v) is 7.01. The number of ether oxygens (including phenoxy) is 1. The lowest BCUT2D eigenvalue weighted by atomic mass is 10.2. The van der Waals surface area contributed by atoms with E-state index in [1.165, 1.54) is 18.9 Å². The smallest absolute Gasteiger partial charge is 0.318 e. The van der Waals surface area contributed by atoms with Gasteiger partial charge in [-0.15, -0.1) is 10.2 Å². The van der Waals surface area contributed by atoms with Gasteiger partial charge in [0.05, 0.1) is 19.9 Å². The monoisotopic (exact) mass is 377 g/mol. The van der Waals surface area contributed by atoms with Gasteiger partial charge in [0, 0.05) is 10.6 Å². The van der Waals surface area contributed by atoms with Crippen LogP contribution >= 0.6 is 23.4 Å². The van der Waals surface area contributed by atoms with Gasteiger partial charge in [0.2, 0.25) is 0 Å². The maximum atomic E-state index is 11.7. The number of thioether (sulfide) groups is 1. The van der Waals surface area contributed by atoms with E-state index in [4.69, 9.17) is 20.8 Å². The quantitative estimate of drug-likeness (QED) is 0.479. The molecule has 1 atom stereocenters. The Kier molecular flexibility index (Phi) is 5.45. The fourth-order valence-corrected chi connectivity index (χ4v) is 3.26. The molecule has 6 nitrogen and oxygen atoms in total. The number of carbonyl (C=O) groups excluding carboxylic acids is 1. The first-order valence-electron chi connectivity index (χ1n) is 7.54. The molecule has 0 spiro atoms. The number of hydrogen-bond donors (Lipinski definition) is 0. The highest BCUT2D eigenvalue weighted by atomic mass is 35.5. The summed E-state index contributed by atoms with van der Waals surface area (Å²) < 4.78 is 12.1. The number of esters is 1. The van der Waals surface area contributed by atoms with E-state index < -0.39 is 5.25 Å². The van der Waals surface area contributed by atoms with Gasteiger partial charge < -0.3 is 9.15 Å². The molecule has 0 saturated heterocycles. The lowest BCUT2D eigenvalue weighted by Gasteiger charge is -2.11. The van der Waals surface area contributed by atoms with E-state index >= 15 is 0 Å². The molecular weight excluding hydrogens is 362 g/mol. The molecule has 0 N–H and O–H groups in total. The summed E-state index contributed by atoms with van der Waals surface area (Å²) in [5.74, 6) is 1.13. The minimum Gasteiger partial charge on any atom is -0.468 e. The van der Waals surface area contributed by atoms with Crippen molar-refractivity contribution in [2.24, 2.45) is 0 Å². The van der Waals surface area contributed by atoms with Gasteiger partial charge in [0.15, 0.2) is 11.0 Å². The maximum Gasteiger partial charge on any atom is 0.318 e. The van der Waals surface area contributed by atoms with Crippen LogP contribution in [0, 0.1) is 0 Å². The van der Waals surface area contributed by atoms with Crippen molar-refractivity contribution in [2.45, 2.75) is 23.9 Å². The molecule has 1 aromatic carbocycles. The largest absolute Gasteiger partial charge is 0.468 e. The Hall–Kier alpha value is -2.25. The van der Waals surface area contributed by atoms with E-state index in [0.717, 1.165) is 11.3 Å². The van der Waals surface area contributed by atoms with Crippen molar-refractivity contribution in [3.05, 3.63) is 53.4 Å². The third-order valence-electron chi connectivity index (χ3n) is 3.53. The first-order valence-corrected chi connectivity index (χ1v) is 8.80. The lowest BCUT2D eigenvalue weighted by molar-refractivity contribution is -0.139. The Labute approximate surface area is 154 Å². The molecule has 0 aliphatic heterocycles. The van der Waals surface area contributed by atoms with Gasteiger partial charge in [-0.2, -0.15) is 0 Å². The predicted octanol–water partition coefficient (Wildman–Crippen LogP) is 3.89. The molecule has 0 bridgehead atoms. The molecule has 0 aliphatic carbocycles. The van der Waals surface area contributed by atoms with Crippen LogP contribution in [0.2, 0.25) is 5.02 Å². The summed E-state index contributed by atoms with van der Waals surface area (Å²) in [5, 5.41) is 9.39. The summed E-state index contributed by atoms with van der Waals surface area (Å²) >= 11 is 7.26. The van der Waals surface area contributed by atoms with Crippen molar-refractivity contribution in [1.82, 2.24) is 14.8 Å². The van der Waals surface area contributed by atoms with Crippen molar-refractivity contribution in [2.75, 3.05) is 7.11 Å². The van der Waals surface area contributed by atoms with Crippen molar-refractivity contribution in [3.8, 4) is 11.4 Å². The molecule has 2 heterocycles. The predicted molar refractivity (Wildman–Crippen MR) is 95.6 cm³/mol. The van der Waals surface area contributed by atoms with Crippen LogP contribution in [0.4, 0.5) is 0 Å². The molecule has 0 saturated carbocycles. The van der Waals surface area contributed by atoms with Crippen LogP contribution in [0.5, 0.6) is 0 Å². The second-order valence-electron chi connectivity index (χ2n) is 5.26. The summed E-state index contributed by atoms with van der Waals surface area (Å²) in [5.41, 5.74) is 0.876. The molecular formula is C17H16ClN3O3S. The summed E-state index contributed by atoms with van der Waals surface area (Å²) in [6.45, 7) is 2.22. The molecule has 0 amide bonds. The summed E-state index contributed by atoms with van der Waals surface area (Å²) in [6.07, 6.45) is 1.62.